The zero-order valence-corrected chi connectivity index (χ0v) is 14.8. The monoisotopic (exact) mass is 372 g/mol. The SMILES string of the molecule is Cc1cccc(-n2c(C)c(Br)c(/C=N\NC(=O)CC#N)c2C)c1. The van der Waals surface area contributed by atoms with Crippen molar-refractivity contribution in [2.75, 3.05) is 0 Å². The molecule has 0 aliphatic heterocycles. The number of hydrazone groups is 1. The molecule has 0 atom stereocenters. The fraction of sp³-hybridized carbons (Fsp3) is 0.235. The molecular formula is C17H17BrN4O. The highest BCUT2D eigenvalue weighted by molar-refractivity contribution is 9.10. The van der Waals surface area contributed by atoms with Crippen LogP contribution in [0.5, 0.6) is 0 Å². The summed E-state index contributed by atoms with van der Waals surface area (Å²) < 4.78 is 3.06. The van der Waals surface area contributed by atoms with Crippen molar-refractivity contribution < 1.29 is 4.79 Å². The Bertz CT molecular complexity index is 815. The Balaban J connectivity index is 2.37. The number of carbonyl (C=O) groups excluding carboxylic acids is 1. The lowest BCUT2D eigenvalue weighted by atomic mass is 10.2. The minimum Gasteiger partial charge on any atom is -0.317 e. The van der Waals surface area contributed by atoms with E-state index in [1.54, 1.807) is 12.3 Å². The van der Waals surface area contributed by atoms with E-state index in [1.807, 2.05) is 19.9 Å². The minimum atomic E-state index is -0.424. The van der Waals surface area contributed by atoms with Crippen molar-refractivity contribution >= 4 is 28.1 Å². The van der Waals surface area contributed by atoms with Crippen LogP contribution < -0.4 is 5.43 Å². The summed E-state index contributed by atoms with van der Waals surface area (Å²) in [5.41, 5.74) is 7.56. The predicted octanol–water partition coefficient (Wildman–Crippen LogP) is 3.53. The van der Waals surface area contributed by atoms with Crippen LogP contribution in [-0.4, -0.2) is 16.7 Å². The summed E-state index contributed by atoms with van der Waals surface area (Å²) in [5, 5.41) is 12.4. The van der Waals surface area contributed by atoms with Gasteiger partial charge in [-0.15, -0.1) is 0 Å². The molecule has 118 valence electrons. The molecule has 23 heavy (non-hydrogen) atoms. The number of carbonyl (C=O) groups is 1. The molecule has 6 heteroatoms. The van der Waals surface area contributed by atoms with Gasteiger partial charge in [0, 0.05) is 27.1 Å². The van der Waals surface area contributed by atoms with E-state index in [0.717, 1.165) is 27.1 Å². The summed E-state index contributed by atoms with van der Waals surface area (Å²) in [5.74, 6) is -0.424. The van der Waals surface area contributed by atoms with Crippen LogP contribution in [-0.2, 0) is 4.79 Å². The summed E-state index contributed by atoms with van der Waals surface area (Å²) >= 11 is 3.59. The van der Waals surface area contributed by atoms with Gasteiger partial charge in [0.15, 0.2) is 0 Å². The van der Waals surface area contributed by atoms with Crippen LogP contribution in [0.3, 0.4) is 0 Å². The number of benzene rings is 1. The van der Waals surface area contributed by atoms with Crippen molar-refractivity contribution in [2.45, 2.75) is 27.2 Å². The second kappa shape index (κ2) is 7.25. The summed E-state index contributed by atoms with van der Waals surface area (Å²) in [4.78, 5) is 11.3. The van der Waals surface area contributed by atoms with E-state index in [1.165, 1.54) is 5.56 Å². The third-order valence-corrected chi connectivity index (χ3v) is 4.50. The van der Waals surface area contributed by atoms with E-state index in [-0.39, 0.29) is 6.42 Å². The number of amides is 1. The molecule has 5 nitrogen and oxygen atoms in total. The van der Waals surface area contributed by atoms with Gasteiger partial charge in [-0.2, -0.15) is 10.4 Å². The van der Waals surface area contributed by atoms with Crippen LogP contribution in [0, 0.1) is 32.1 Å². The molecule has 0 aliphatic carbocycles. The van der Waals surface area contributed by atoms with Crippen molar-refractivity contribution in [1.29, 1.82) is 5.26 Å². The molecule has 0 unspecified atom stereocenters. The molecule has 0 saturated heterocycles. The smallest absolute Gasteiger partial charge is 0.254 e. The van der Waals surface area contributed by atoms with E-state index in [2.05, 4.69) is 56.1 Å². The molecule has 1 N–H and O–H groups in total. The number of hydrogen-bond donors (Lipinski definition) is 1. The third kappa shape index (κ3) is 3.69. The lowest BCUT2D eigenvalue weighted by molar-refractivity contribution is -0.120. The maximum absolute atomic E-state index is 11.3. The summed E-state index contributed by atoms with van der Waals surface area (Å²) in [6.07, 6.45) is 1.38. The number of hydrogen-bond acceptors (Lipinski definition) is 3. The Morgan fingerprint density at radius 2 is 2.13 bits per heavy atom. The number of nitrogens with one attached hydrogen (secondary N) is 1. The Hall–Kier alpha value is -2.39. The van der Waals surface area contributed by atoms with Crippen LogP contribution >= 0.6 is 15.9 Å². The number of nitriles is 1. The number of aryl methyl sites for hydroxylation is 1. The quantitative estimate of drug-likeness (QED) is 0.658. The van der Waals surface area contributed by atoms with E-state index >= 15 is 0 Å². The van der Waals surface area contributed by atoms with Crippen LogP contribution in [0.25, 0.3) is 5.69 Å². The number of halogens is 1. The Kier molecular flexibility index (Phi) is 5.35. The average molecular weight is 373 g/mol. The molecule has 0 aliphatic rings. The maximum Gasteiger partial charge on any atom is 0.254 e. The Morgan fingerprint density at radius 3 is 2.78 bits per heavy atom. The molecule has 0 bridgehead atoms. The molecule has 1 aromatic heterocycles. The predicted molar refractivity (Wildman–Crippen MR) is 93.6 cm³/mol. The zero-order valence-electron chi connectivity index (χ0n) is 13.2. The van der Waals surface area contributed by atoms with Gasteiger partial charge in [0.1, 0.15) is 6.42 Å². The highest BCUT2D eigenvalue weighted by Crippen LogP contribution is 2.29. The Labute approximate surface area is 143 Å². The van der Waals surface area contributed by atoms with Crippen LogP contribution in [0.4, 0.5) is 0 Å². The van der Waals surface area contributed by atoms with Crippen molar-refractivity contribution in [3.63, 3.8) is 0 Å². The zero-order chi connectivity index (χ0) is 17.0. The van der Waals surface area contributed by atoms with E-state index in [0.29, 0.717) is 0 Å². The summed E-state index contributed by atoms with van der Waals surface area (Å²) in [7, 11) is 0. The molecule has 0 saturated carbocycles. The Morgan fingerprint density at radius 1 is 1.39 bits per heavy atom. The van der Waals surface area contributed by atoms with Gasteiger partial charge in [-0.1, -0.05) is 12.1 Å². The fourth-order valence-electron chi connectivity index (χ4n) is 2.41. The molecule has 0 spiro atoms. The van der Waals surface area contributed by atoms with Gasteiger partial charge in [-0.3, -0.25) is 4.79 Å². The lowest BCUT2D eigenvalue weighted by Crippen LogP contribution is -2.16. The first-order valence-electron chi connectivity index (χ1n) is 7.09. The fourth-order valence-corrected chi connectivity index (χ4v) is 2.98. The maximum atomic E-state index is 11.3. The third-order valence-electron chi connectivity index (χ3n) is 3.50. The minimum absolute atomic E-state index is 0.208. The highest BCUT2D eigenvalue weighted by atomic mass is 79.9. The normalized spacial score (nSPS) is 10.7. The average Bonchev–Trinajstić information content (AvgIpc) is 2.71. The summed E-state index contributed by atoms with van der Waals surface area (Å²) in [6.45, 7) is 6.07. The van der Waals surface area contributed by atoms with E-state index in [4.69, 9.17) is 5.26 Å². The van der Waals surface area contributed by atoms with Gasteiger partial charge in [-0.05, 0) is 54.4 Å². The van der Waals surface area contributed by atoms with Gasteiger partial charge in [0.25, 0.3) is 5.91 Å². The molecule has 2 rings (SSSR count). The summed E-state index contributed by atoms with van der Waals surface area (Å²) in [6, 6.07) is 10.0. The van der Waals surface area contributed by atoms with Gasteiger partial charge < -0.3 is 4.57 Å². The van der Waals surface area contributed by atoms with Crippen molar-refractivity contribution in [3.05, 3.63) is 51.3 Å². The van der Waals surface area contributed by atoms with Gasteiger partial charge >= 0.3 is 0 Å². The number of nitrogens with zero attached hydrogens (tertiary/aromatic N) is 3. The molecule has 1 heterocycles. The standard InChI is InChI=1S/C17H17BrN4O/c1-11-5-4-6-14(9-11)22-12(2)15(17(18)13(22)3)10-20-21-16(23)7-8-19/h4-6,9-10H,7H2,1-3H3,(H,21,23)/b20-10-. The topological polar surface area (TPSA) is 70.2 Å². The van der Waals surface area contributed by atoms with Gasteiger partial charge in [-0.25, -0.2) is 5.43 Å². The number of rotatable bonds is 4. The molecular weight excluding hydrogens is 356 g/mol. The molecule has 1 amide bonds. The van der Waals surface area contributed by atoms with Crippen molar-refractivity contribution in [3.8, 4) is 11.8 Å². The second-order valence-corrected chi connectivity index (χ2v) is 5.99. The van der Waals surface area contributed by atoms with Crippen LogP contribution in [0.2, 0.25) is 0 Å². The first-order valence-corrected chi connectivity index (χ1v) is 7.88. The van der Waals surface area contributed by atoms with E-state index < -0.39 is 5.91 Å². The first-order chi connectivity index (χ1) is 11.0. The van der Waals surface area contributed by atoms with E-state index in [9.17, 15) is 4.79 Å². The molecule has 0 radical (unpaired) electrons. The first kappa shape index (κ1) is 17.0. The largest absolute Gasteiger partial charge is 0.317 e. The molecule has 0 fully saturated rings. The van der Waals surface area contributed by atoms with Gasteiger partial charge in [0.05, 0.1) is 12.3 Å². The van der Waals surface area contributed by atoms with Gasteiger partial charge in [0.2, 0.25) is 0 Å². The molecule has 2 aromatic rings. The van der Waals surface area contributed by atoms with Crippen molar-refractivity contribution in [1.82, 2.24) is 9.99 Å². The lowest BCUT2D eigenvalue weighted by Gasteiger charge is -2.10. The van der Waals surface area contributed by atoms with Crippen molar-refractivity contribution in [2.24, 2.45) is 5.10 Å². The van der Waals surface area contributed by atoms with Crippen LogP contribution in [0.1, 0.15) is 28.9 Å². The van der Waals surface area contributed by atoms with Crippen LogP contribution in [0.15, 0.2) is 33.8 Å². The second-order valence-electron chi connectivity index (χ2n) is 5.20. The highest BCUT2D eigenvalue weighted by Gasteiger charge is 2.15. The number of aromatic nitrogens is 1. The molecule has 1 aromatic carbocycles.